The molecule has 1 saturated heterocycles. The number of hydrogen-bond acceptors (Lipinski definition) is 3. The molecule has 1 heterocycles. The quantitative estimate of drug-likeness (QED) is 0.713. The van der Waals surface area contributed by atoms with E-state index in [-0.39, 0.29) is 5.91 Å². The normalized spacial score (nSPS) is 18.1. The number of hydrogen-bond donors (Lipinski definition) is 1. The van der Waals surface area contributed by atoms with Crippen LogP contribution in [0.2, 0.25) is 0 Å². The van der Waals surface area contributed by atoms with Crippen LogP contribution < -0.4 is 5.73 Å². The second-order valence-electron chi connectivity index (χ2n) is 3.56. The smallest absolute Gasteiger partial charge is 0.224 e. The van der Waals surface area contributed by atoms with Crippen LogP contribution in [0.5, 0.6) is 0 Å². The third-order valence-corrected chi connectivity index (χ3v) is 2.65. The van der Waals surface area contributed by atoms with E-state index in [0.717, 1.165) is 32.6 Å². The minimum absolute atomic E-state index is 0.182. The average molecular weight is 200 g/mol. The third kappa shape index (κ3) is 2.96. The van der Waals surface area contributed by atoms with E-state index in [0.29, 0.717) is 19.0 Å². The lowest BCUT2D eigenvalue weighted by Gasteiger charge is -2.33. The molecule has 0 spiro atoms. The summed E-state index contributed by atoms with van der Waals surface area (Å²) in [6.45, 7) is 4.79. The maximum absolute atomic E-state index is 11.7. The first-order chi connectivity index (χ1) is 6.79. The molecular weight excluding hydrogens is 180 g/mol. The molecule has 14 heavy (non-hydrogen) atoms. The van der Waals surface area contributed by atoms with Gasteiger partial charge in [-0.2, -0.15) is 0 Å². The fraction of sp³-hybridized carbons (Fsp3) is 0.900. The molecule has 4 heteroatoms. The van der Waals surface area contributed by atoms with Crippen LogP contribution in [0.4, 0.5) is 0 Å². The Morgan fingerprint density at radius 1 is 1.50 bits per heavy atom. The van der Waals surface area contributed by atoms with Gasteiger partial charge in [-0.1, -0.05) is 0 Å². The maximum Gasteiger partial charge on any atom is 0.224 e. The van der Waals surface area contributed by atoms with Crippen LogP contribution in [-0.4, -0.2) is 43.2 Å². The topological polar surface area (TPSA) is 55.6 Å². The number of nitrogens with zero attached hydrogens (tertiary/aromatic N) is 1. The Kier molecular flexibility index (Phi) is 4.90. The van der Waals surface area contributed by atoms with E-state index in [9.17, 15) is 4.79 Å². The standard InChI is InChI=1S/C10H20N2O2/c1-2-12(10(13)3-6-11)9-4-7-14-8-5-9/h9H,2-8,11H2,1H3. The monoisotopic (exact) mass is 200 g/mol. The van der Waals surface area contributed by atoms with Crippen LogP contribution in [0, 0.1) is 0 Å². The summed E-state index contributed by atoms with van der Waals surface area (Å²) in [7, 11) is 0. The zero-order valence-electron chi connectivity index (χ0n) is 8.87. The van der Waals surface area contributed by atoms with Gasteiger partial charge in [0.15, 0.2) is 0 Å². The lowest BCUT2D eigenvalue weighted by molar-refractivity contribution is -0.134. The molecule has 0 aromatic carbocycles. The van der Waals surface area contributed by atoms with Crippen LogP contribution in [0.3, 0.4) is 0 Å². The summed E-state index contributed by atoms with van der Waals surface area (Å²) in [5.41, 5.74) is 5.38. The minimum atomic E-state index is 0.182. The largest absolute Gasteiger partial charge is 0.381 e. The van der Waals surface area contributed by atoms with Gasteiger partial charge >= 0.3 is 0 Å². The molecule has 0 bridgehead atoms. The van der Waals surface area contributed by atoms with Crippen LogP contribution in [0.25, 0.3) is 0 Å². The second-order valence-corrected chi connectivity index (χ2v) is 3.56. The number of carbonyl (C=O) groups is 1. The van der Waals surface area contributed by atoms with Crippen LogP contribution in [-0.2, 0) is 9.53 Å². The molecule has 0 atom stereocenters. The number of amides is 1. The summed E-state index contributed by atoms with van der Waals surface area (Å²) in [5.74, 6) is 0.182. The second kappa shape index (κ2) is 5.98. The predicted octanol–water partition coefficient (Wildman–Crippen LogP) is 0.363. The summed E-state index contributed by atoms with van der Waals surface area (Å²) in [6, 6.07) is 0.368. The Hall–Kier alpha value is -0.610. The summed E-state index contributed by atoms with van der Waals surface area (Å²) < 4.78 is 5.27. The highest BCUT2D eigenvalue weighted by Crippen LogP contribution is 2.14. The maximum atomic E-state index is 11.7. The molecule has 1 rings (SSSR count). The van der Waals surface area contributed by atoms with Crippen molar-refractivity contribution in [2.45, 2.75) is 32.2 Å². The van der Waals surface area contributed by atoms with Crippen LogP contribution in [0.15, 0.2) is 0 Å². The Bertz CT molecular complexity index is 179. The van der Waals surface area contributed by atoms with E-state index >= 15 is 0 Å². The summed E-state index contributed by atoms with van der Waals surface area (Å²) in [6.07, 6.45) is 2.39. The molecule has 0 aromatic rings. The van der Waals surface area contributed by atoms with Gasteiger partial charge in [0.05, 0.1) is 0 Å². The molecule has 1 aliphatic rings. The summed E-state index contributed by atoms with van der Waals surface area (Å²) in [5, 5.41) is 0. The first kappa shape index (κ1) is 11.5. The van der Waals surface area contributed by atoms with Crippen molar-refractivity contribution < 1.29 is 9.53 Å². The van der Waals surface area contributed by atoms with Gasteiger partial charge in [0.1, 0.15) is 0 Å². The Balaban J connectivity index is 2.46. The van der Waals surface area contributed by atoms with Crippen molar-refractivity contribution in [3.63, 3.8) is 0 Å². The van der Waals surface area contributed by atoms with Crippen LogP contribution in [0.1, 0.15) is 26.2 Å². The Morgan fingerprint density at radius 2 is 2.14 bits per heavy atom. The van der Waals surface area contributed by atoms with E-state index in [1.807, 2.05) is 11.8 Å². The van der Waals surface area contributed by atoms with E-state index in [1.165, 1.54) is 0 Å². The SMILES string of the molecule is CCN(C(=O)CCN)C1CCOCC1. The molecule has 1 amide bonds. The van der Waals surface area contributed by atoms with Crippen molar-refractivity contribution in [3.05, 3.63) is 0 Å². The highest BCUT2D eigenvalue weighted by molar-refractivity contribution is 5.76. The van der Waals surface area contributed by atoms with Crippen molar-refractivity contribution in [1.29, 1.82) is 0 Å². The van der Waals surface area contributed by atoms with E-state index in [1.54, 1.807) is 0 Å². The van der Waals surface area contributed by atoms with Crippen molar-refractivity contribution in [2.75, 3.05) is 26.3 Å². The fourth-order valence-corrected chi connectivity index (χ4v) is 1.90. The van der Waals surface area contributed by atoms with Gasteiger partial charge in [-0.05, 0) is 19.8 Å². The van der Waals surface area contributed by atoms with Crippen LogP contribution >= 0.6 is 0 Å². The van der Waals surface area contributed by atoms with Gasteiger partial charge in [-0.25, -0.2) is 0 Å². The van der Waals surface area contributed by atoms with E-state index in [2.05, 4.69) is 0 Å². The Morgan fingerprint density at radius 3 is 2.64 bits per heavy atom. The summed E-state index contributed by atoms with van der Waals surface area (Å²) in [4.78, 5) is 13.6. The highest BCUT2D eigenvalue weighted by atomic mass is 16.5. The molecule has 0 radical (unpaired) electrons. The number of rotatable bonds is 4. The van der Waals surface area contributed by atoms with Gasteiger partial charge in [0.2, 0.25) is 5.91 Å². The lowest BCUT2D eigenvalue weighted by Crippen LogP contribution is -2.43. The predicted molar refractivity (Wildman–Crippen MR) is 54.9 cm³/mol. The number of carbonyl (C=O) groups excluding carboxylic acids is 1. The van der Waals surface area contributed by atoms with Crippen molar-refractivity contribution >= 4 is 5.91 Å². The molecule has 1 aliphatic heterocycles. The van der Waals surface area contributed by atoms with Crippen molar-refractivity contribution in [1.82, 2.24) is 4.90 Å². The molecular formula is C10H20N2O2. The van der Waals surface area contributed by atoms with Crippen molar-refractivity contribution in [2.24, 2.45) is 5.73 Å². The Labute approximate surface area is 85.4 Å². The van der Waals surface area contributed by atoms with E-state index in [4.69, 9.17) is 10.5 Å². The number of nitrogens with two attached hydrogens (primary N) is 1. The molecule has 0 aliphatic carbocycles. The molecule has 0 aromatic heterocycles. The zero-order chi connectivity index (χ0) is 10.4. The first-order valence-electron chi connectivity index (χ1n) is 5.36. The molecule has 82 valence electrons. The van der Waals surface area contributed by atoms with Gasteiger partial charge in [-0.15, -0.1) is 0 Å². The highest BCUT2D eigenvalue weighted by Gasteiger charge is 2.23. The van der Waals surface area contributed by atoms with Gasteiger partial charge in [0.25, 0.3) is 0 Å². The average Bonchev–Trinajstić information content (AvgIpc) is 2.21. The van der Waals surface area contributed by atoms with Crippen molar-refractivity contribution in [3.8, 4) is 0 Å². The number of ether oxygens (including phenoxy) is 1. The summed E-state index contributed by atoms with van der Waals surface area (Å²) >= 11 is 0. The zero-order valence-corrected chi connectivity index (χ0v) is 8.87. The van der Waals surface area contributed by atoms with E-state index < -0.39 is 0 Å². The van der Waals surface area contributed by atoms with Gasteiger partial charge in [-0.3, -0.25) is 4.79 Å². The van der Waals surface area contributed by atoms with Gasteiger partial charge < -0.3 is 15.4 Å². The third-order valence-electron chi connectivity index (χ3n) is 2.65. The lowest BCUT2D eigenvalue weighted by atomic mass is 10.1. The minimum Gasteiger partial charge on any atom is -0.381 e. The fourth-order valence-electron chi connectivity index (χ4n) is 1.90. The first-order valence-corrected chi connectivity index (χ1v) is 5.36. The molecule has 0 unspecified atom stereocenters. The van der Waals surface area contributed by atoms with Gasteiger partial charge in [0, 0.05) is 38.8 Å². The molecule has 1 fully saturated rings. The molecule has 4 nitrogen and oxygen atoms in total. The molecule has 2 N–H and O–H groups in total. The molecule has 0 saturated carbocycles.